The van der Waals surface area contributed by atoms with Crippen molar-refractivity contribution in [2.45, 2.75) is 25.1 Å². The van der Waals surface area contributed by atoms with E-state index in [4.69, 9.17) is 26.2 Å². The number of hydrogen-bond acceptors (Lipinski definition) is 6. The molecular weight excluding hydrogens is 430 g/mol. The first-order chi connectivity index (χ1) is 15.4. The van der Waals surface area contributed by atoms with Crippen molar-refractivity contribution in [1.82, 2.24) is 5.01 Å². The minimum atomic E-state index is -0.950. The van der Waals surface area contributed by atoms with Crippen LogP contribution in [-0.4, -0.2) is 22.8 Å². The van der Waals surface area contributed by atoms with Gasteiger partial charge in [-0.25, -0.2) is 5.01 Å². The lowest BCUT2D eigenvalue weighted by atomic mass is 9.92. The second-order valence-electron chi connectivity index (χ2n) is 7.91. The number of nitrogens with zero attached hydrogens (tertiary/aromatic N) is 3. The van der Waals surface area contributed by atoms with Crippen molar-refractivity contribution in [3.8, 4) is 11.5 Å². The lowest BCUT2D eigenvalue weighted by Gasteiger charge is -2.46. The highest BCUT2D eigenvalue weighted by atomic mass is 35.5. The Kier molecular flexibility index (Phi) is 4.78. The lowest BCUT2D eigenvalue weighted by molar-refractivity contribution is -0.384. The van der Waals surface area contributed by atoms with Crippen molar-refractivity contribution in [2.75, 3.05) is 7.11 Å². The molecule has 32 heavy (non-hydrogen) atoms. The third kappa shape index (κ3) is 3.26. The molecule has 162 valence electrons. The van der Waals surface area contributed by atoms with Crippen LogP contribution in [0.25, 0.3) is 0 Å². The molecule has 0 N–H and O–H groups in total. The van der Waals surface area contributed by atoms with Gasteiger partial charge in [0.15, 0.2) is 0 Å². The maximum absolute atomic E-state index is 11.1. The molecule has 0 aromatic heterocycles. The molecule has 0 unspecified atom stereocenters. The van der Waals surface area contributed by atoms with Crippen LogP contribution < -0.4 is 9.47 Å². The van der Waals surface area contributed by atoms with E-state index in [2.05, 4.69) is 0 Å². The molecule has 0 saturated carbocycles. The molecule has 5 rings (SSSR count). The van der Waals surface area contributed by atoms with E-state index >= 15 is 0 Å². The molecule has 0 amide bonds. The average molecular weight is 450 g/mol. The average Bonchev–Trinajstić information content (AvgIpc) is 3.27. The summed E-state index contributed by atoms with van der Waals surface area (Å²) < 4.78 is 11.7. The zero-order valence-electron chi connectivity index (χ0n) is 17.5. The molecule has 0 bridgehead atoms. The van der Waals surface area contributed by atoms with Gasteiger partial charge in [-0.15, -0.1) is 0 Å². The first-order valence-corrected chi connectivity index (χ1v) is 10.5. The Morgan fingerprint density at radius 3 is 2.53 bits per heavy atom. The highest BCUT2D eigenvalue weighted by Crippen LogP contribution is 2.51. The van der Waals surface area contributed by atoms with Crippen molar-refractivity contribution in [2.24, 2.45) is 5.10 Å². The van der Waals surface area contributed by atoms with Gasteiger partial charge in [-0.3, -0.25) is 10.1 Å². The monoisotopic (exact) mass is 449 g/mol. The second-order valence-corrected chi connectivity index (χ2v) is 8.35. The van der Waals surface area contributed by atoms with Crippen LogP contribution in [0.5, 0.6) is 11.5 Å². The number of rotatable bonds is 4. The number of fused-ring (bicyclic) bond motifs is 3. The molecule has 2 aliphatic heterocycles. The van der Waals surface area contributed by atoms with Crippen molar-refractivity contribution in [1.29, 1.82) is 0 Å². The topological polar surface area (TPSA) is 77.2 Å². The van der Waals surface area contributed by atoms with Gasteiger partial charge in [0, 0.05) is 41.6 Å². The summed E-state index contributed by atoms with van der Waals surface area (Å²) in [6, 6.07) is 19.7. The lowest BCUT2D eigenvalue weighted by Crippen LogP contribution is -2.48. The van der Waals surface area contributed by atoms with Gasteiger partial charge in [-0.05, 0) is 60.2 Å². The third-order valence-electron chi connectivity index (χ3n) is 6.02. The number of ether oxygens (including phenoxy) is 2. The largest absolute Gasteiger partial charge is 0.497 e. The highest BCUT2D eigenvalue weighted by molar-refractivity contribution is 6.30. The minimum absolute atomic E-state index is 0.0285. The minimum Gasteiger partial charge on any atom is -0.497 e. The number of halogens is 1. The summed E-state index contributed by atoms with van der Waals surface area (Å²) in [6.45, 7) is 1.93. The molecule has 2 atom stereocenters. The Morgan fingerprint density at radius 1 is 1.16 bits per heavy atom. The summed E-state index contributed by atoms with van der Waals surface area (Å²) in [5.41, 5.74) is 2.73. The highest BCUT2D eigenvalue weighted by Gasteiger charge is 2.49. The van der Waals surface area contributed by atoms with Crippen LogP contribution in [0.4, 0.5) is 5.69 Å². The molecule has 0 fully saturated rings. The molecular formula is C24H20ClN3O4. The Morgan fingerprint density at radius 2 is 1.88 bits per heavy atom. The number of hydrogen-bond donors (Lipinski definition) is 0. The van der Waals surface area contributed by atoms with Gasteiger partial charge in [-0.1, -0.05) is 11.6 Å². The molecule has 2 heterocycles. The number of nitro groups is 1. The van der Waals surface area contributed by atoms with Crippen molar-refractivity contribution in [3.05, 3.63) is 98.6 Å². The molecule has 3 aromatic carbocycles. The SMILES string of the molecule is COc1ccc(C2=NN3[C@@H](C2)c2cc(Cl)ccc2O[C@]3(C)c2ccc([N+](=O)[O-])cc2)cc1. The Labute approximate surface area is 190 Å². The van der Waals surface area contributed by atoms with Crippen LogP contribution in [0.3, 0.4) is 0 Å². The standard InChI is InChI=1S/C24H20ClN3O4/c1-24(16-5-8-18(9-6-16)28(29)30)27-22(20-13-17(25)7-12-23(20)32-24)14-21(26-27)15-3-10-19(31-2)11-4-15/h3-13,22H,14H2,1-2H3/t22-,24+/m0/s1. The predicted molar refractivity (Wildman–Crippen MR) is 121 cm³/mol. The van der Waals surface area contributed by atoms with Crippen LogP contribution >= 0.6 is 11.6 Å². The molecule has 0 spiro atoms. The summed E-state index contributed by atoms with van der Waals surface area (Å²) in [7, 11) is 1.63. The van der Waals surface area contributed by atoms with Crippen LogP contribution in [0.15, 0.2) is 71.8 Å². The van der Waals surface area contributed by atoms with E-state index in [9.17, 15) is 10.1 Å². The second kappa shape index (κ2) is 7.53. The van der Waals surface area contributed by atoms with Crippen molar-refractivity contribution in [3.63, 3.8) is 0 Å². The normalized spacial score (nSPS) is 21.3. The summed E-state index contributed by atoms with van der Waals surface area (Å²) >= 11 is 6.30. The van der Waals surface area contributed by atoms with Gasteiger partial charge in [0.05, 0.1) is 23.8 Å². The van der Waals surface area contributed by atoms with E-state index < -0.39 is 10.6 Å². The van der Waals surface area contributed by atoms with E-state index in [0.717, 1.165) is 33.9 Å². The first-order valence-electron chi connectivity index (χ1n) is 10.1. The van der Waals surface area contributed by atoms with Gasteiger partial charge in [0.2, 0.25) is 5.72 Å². The van der Waals surface area contributed by atoms with E-state index in [1.165, 1.54) is 12.1 Å². The molecule has 0 aliphatic carbocycles. The molecule has 0 saturated heterocycles. The Bertz CT molecular complexity index is 1230. The van der Waals surface area contributed by atoms with E-state index in [-0.39, 0.29) is 11.7 Å². The zero-order valence-corrected chi connectivity index (χ0v) is 18.2. The third-order valence-corrected chi connectivity index (χ3v) is 6.26. The molecule has 3 aromatic rings. The number of benzene rings is 3. The van der Waals surface area contributed by atoms with Gasteiger partial charge in [0.25, 0.3) is 5.69 Å². The van der Waals surface area contributed by atoms with Crippen LogP contribution in [0.2, 0.25) is 5.02 Å². The number of nitro benzene ring substituents is 1. The van der Waals surface area contributed by atoms with Gasteiger partial charge < -0.3 is 9.47 Å². The fraction of sp³-hybridized carbons (Fsp3) is 0.208. The smallest absolute Gasteiger partial charge is 0.269 e. The molecule has 0 radical (unpaired) electrons. The zero-order chi connectivity index (χ0) is 22.5. The van der Waals surface area contributed by atoms with E-state index in [0.29, 0.717) is 11.4 Å². The summed E-state index contributed by atoms with van der Waals surface area (Å²) in [5.74, 6) is 1.50. The maximum Gasteiger partial charge on any atom is 0.269 e. The maximum atomic E-state index is 11.1. The fourth-order valence-corrected chi connectivity index (χ4v) is 4.50. The first kappa shape index (κ1) is 20.3. The van der Waals surface area contributed by atoms with Crippen molar-refractivity contribution < 1.29 is 14.4 Å². The molecule has 8 heteroatoms. The van der Waals surface area contributed by atoms with Crippen LogP contribution in [0.1, 0.15) is 36.1 Å². The van der Waals surface area contributed by atoms with Crippen LogP contribution in [-0.2, 0) is 5.72 Å². The summed E-state index contributed by atoms with van der Waals surface area (Å²) in [5, 5.41) is 18.6. The molecule has 2 aliphatic rings. The Hall–Kier alpha value is -3.58. The van der Waals surface area contributed by atoms with Gasteiger partial charge in [0.1, 0.15) is 11.5 Å². The van der Waals surface area contributed by atoms with Gasteiger partial charge in [-0.2, -0.15) is 5.10 Å². The van der Waals surface area contributed by atoms with Crippen LogP contribution in [0, 0.1) is 10.1 Å². The van der Waals surface area contributed by atoms with Gasteiger partial charge >= 0.3 is 0 Å². The predicted octanol–water partition coefficient (Wildman–Crippen LogP) is 5.67. The number of non-ortho nitro benzene ring substituents is 1. The quantitative estimate of drug-likeness (QED) is 0.378. The number of methoxy groups -OCH3 is 1. The Balaban J connectivity index is 1.61. The van der Waals surface area contributed by atoms with E-state index in [1.54, 1.807) is 25.3 Å². The summed E-state index contributed by atoms with van der Waals surface area (Å²) in [4.78, 5) is 10.7. The van der Waals surface area contributed by atoms with Crippen molar-refractivity contribution >= 4 is 23.0 Å². The van der Waals surface area contributed by atoms with E-state index in [1.807, 2.05) is 48.3 Å². The number of hydrazone groups is 1. The fourth-order valence-electron chi connectivity index (χ4n) is 4.32. The summed E-state index contributed by atoms with van der Waals surface area (Å²) in [6.07, 6.45) is 0.672. The molecule has 7 nitrogen and oxygen atoms in total.